The number of anilines is 1. The lowest BCUT2D eigenvalue weighted by molar-refractivity contribution is -0.385. The van der Waals surface area contributed by atoms with Crippen molar-refractivity contribution < 1.29 is 19.6 Å². The maximum absolute atomic E-state index is 11.1. The highest BCUT2D eigenvalue weighted by molar-refractivity contribution is 5.93. The number of ether oxygens (including phenoxy) is 1. The van der Waals surface area contributed by atoms with Crippen molar-refractivity contribution in [1.29, 1.82) is 0 Å². The maximum Gasteiger partial charge on any atom is 0.339 e. The van der Waals surface area contributed by atoms with Gasteiger partial charge in [0.2, 0.25) is 0 Å². The van der Waals surface area contributed by atoms with E-state index in [1.165, 1.54) is 0 Å². The second-order valence-electron chi connectivity index (χ2n) is 4.60. The molecule has 108 valence electrons. The molecule has 2 rings (SSSR count). The largest absolute Gasteiger partial charge is 0.478 e. The first-order valence-corrected chi connectivity index (χ1v) is 6.27. The molecule has 20 heavy (non-hydrogen) atoms. The summed E-state index contributed by atoms with van der Waals surface area (Å²) in [4.78, 5) is 24.9. The number of hydrogen-bond donors (Lipinski definition) is 2. The van der Waals surface area contributed by atoms with Gasteiger partial charge in [-0.1, -0.05) is 0 Å². The molecular weight excluding hydrogens is 266 g/mol. The van der Waals surface area contributed by atoms with Gasteiger partial charge in [0.05, 0.1) is 4.92 Å². The third-order valence-corrected chi connectivity index (χ3v) is 3.18. The van der Waals surface area contributed by atoms with Crippen LogP contribution < -0.4 is 5.32 Å². The summed E-state index contributed by atoms with van der Waals surface area (Å²) in [5, 5.41) is 22.6. The van der Waals surface area contributed by atoms with Crippen LogP contribution in [0.1, 0.15) is 23.2 Å². The molecule has 2 N–H and O–H groups in total. The Bertz CT molecular complexity index is 514. The Kier molecular flexibility index (Phi) is 4.46. The molecule has 1 aromatic rings. The van der Waals surface area contributed by atoms with Gasteiger partial charge >= 0.3 is 5.97 Å². The van der Waals surface area contributed by atoms with Crippen LogP contribution >= 0.6 is 0 Å². The zero-order valence-corrected chi connectivity index (χ0v) is 10.7. The van der Waals surface area contributed by atoms with E-state index in [2.05, 4.69) is 10.3 Å². The Balaban J connectivity index is 2.02. The number of carboxylic acids is 1. The summed E-state index contributed by atoms with van der Waals surface area (Å²) in [7, 11) is 0. The Hall–Kier alpha value is -2.22. The van der Waals surface area contributed by atoms with Crippen LogP contribution in [0.15, 0.2) is 12.3 Å². The Labute approximate surface area is 114 Å². The molecule has 1 unspecified atom stereocenters. The van der Waals surface area contributed by atoms with Crippen LogP contribution in [0.2, 0.25) is 0 Å². The van der Waals surface area contributed by atoms with Crippen molar-refractivity contribution in [2.75, 3.05) is 25.1 Å². The van der Waals surface area contributed by atoms with E-state index in [0.29, 0.717) is 12.5 Å². The molecule has 1 aliphatic rings. The molecule has 0 spiro atoms. The lowest BCUT2D eigenvalue weighted by atomic mass is 10.1. The summed E-state index contributed by atoms with van der Waals surface area (Å²) < 4.78 is 5.25. The Morgan fingerprint density at radius 2 is 2.45 bits per heavy atom. The minimum absolute atomic E-state index is 0.155. The topological polar surface area (TPSA) is 115 Å². The van der Waals surface area contributed by atoms with E-state index < -0.39 is 10.9 Å². The first kappa shape index (κ1) is 14.2. The molecule has 1 fully saturated rings. The van der Waals surface area contributed by atoms with Crippen LogP contribution in [0, 0.1) is 16.0 Å². The zero-order chi connectivity index (χ0) is 14.5. The average Bonchev–Trinajstić information content (AvgIpc) is 2.91. The Morgan fingerprint density at radius 1 is 1.65 bits per heavy atom. The molecule has 0 radical (unpaired) electrons. The number of aromatic carboxylic acids is 1. The summed E-state index contributed by atoms with van der Waals surface area (Å²) in [5.41, 5.74) is -0.529. The average molecular weight is 281 g/mol. The number of nitrogens with one attached hydrogen (secondary N) is 1. The van der Waals surface area contributed by atoms with Crippen LogP contribution in [0.3, 0.4) is 0 Å². The predicted molar refractivity (Wildman–Crippen MR) is 69.9 cm³/mol. The van der Waals surface area contributed by atoms with Crippen molar-refractivity contribution >= 4 is 17.5 Å². The van der Waals surface area contributed by atoms with E-state index in [4.69, 9.17) is 9.84 Å². The standard InChI is InChI=1S/C12H15N3O5/c16-12(17)10-5-9(15(18)19)6-14-11(10)13-3-1-8-2-4-20-7-8/h5-6,8H,1-4,7H2,(H,13,14)(H,16,17). The molecule has 1 atom stereocenters. The van der Waals surface area contributed by atoms with Crippen molar-refractivity contribution in [3.05, 3.63) is 27.9 Å². The molecule has 1 aromatic heterocycles. The predicted octanol–water partition coefficient (Wildman–Crippen LogP) is 1.53. The fourth-order valence-corrected chi connectivity index (χ4v) is 2.06. The van der Waals surface area contributed by atoms with Gasteiger partial charge in [0, 0.05) is 25.8 Å². The second kappa shape index (κ2) is 6.29. The minimum atomic E-state index is -1.24. The van der Waals surface area contributed by atoms with E-state index in [-0.39, 0.29) is 17.1 Å². The Morgan fingerprint density at radius 3 is 3.05 bits per heavy atom. The minimum Gasteiger partial charge on any atom is -0.478 e. The van der Waals surface area contributed by atoms with E-state index in [1.807, 2.05) is 0 Å². The third-order valence-electron chi connectivity index (χ3n) is 3.18. The fourth-order valence-electron chi connectivity index (χ4n) is 2.06. The highest BCUT2D eigenvalue weighted by atomic mass is 16.6. The molecule has 8 nitrogen and oxygen atoms in total. The van der Waals surface area contributed by atoms with E-state index in [1.54, 1.807) is 0 Å². The van der Waals surface area contributed by atoms with Crippen LogP contribution in [0.4, 0.5) is 11.5 Å². The summed E-state index contributed by atoms with van der Waals surface area (Å²) in [6, 6.07) is 1.01. The van der Waals surface area contributed by atoms with Gasteiger partial charge < -0.3 is 15.2 Å². The number of pyridine rings is 1. The molecule has 0 aliphatic carbocycles. The zero-order valence-electron chi connectivity index (χ0n) is 10.7. The molecule has 2 heterocycles. The van der Waals surface area contributed by atoms with Crippen LogP contribution in [-0.2, 0) is 4.74 Å². The van der Waals surface area contributed by atoms with Gasteiger partial charge in [-0.2, -0.15) is 0 Å². The van der Waals surface area contributed by atoms with Gasteiger partial charge in [0.25, 0.3) is 5.69 Å². The summed E-state index contributed by atoms with van der Waals surface area (Å²) in [5.74, 6) is -0.622. The van der Waals surface area contributed by atoms with Gasteiger partial charge in [-0.05, 0) is 18.8 Å². The first-order valence-electron chi connectivity index (χ1n) is 6.27. The molecule has 1 saturated heterocycles. The van der Waals surface area contributed by atoms with E-state index >= 15 is 0 Å². The number of carboxylic acid groups (broad SMARTS) is 1. The normalized spacial score (nSPS) is 17.9. The van der Waals surface area contributed by atoms with Crippen LogP contribution in [-0.4, -0.2) is 40.7 Å². The van der Waals surface area contributed by atoms with Crippen molar-refractivity contribution in [2.45, 2.75) is 12.8 Å². The highest BCUT2D eigenvalue weighted by Crippen LogP contribution is 2.20. The smallest absolute Gasteiger partial charge is 0.339 e. The molecule has 8 heteroatoms. The summed E-state index contributed by atoms with van der Waals surface area (Å²) in [6.07, 6.45) is 2.90. The third kappa shape index (κ3) is 3.41. The molecule has 0 amide bonds. The number of carbonyl (C=O) groups is 1. The fraction of sp³-hybridized carbons (Fsp3) is 0.500. The van der Waals surface area contributed by atoms with Crippen molar-refractivity contribution in [1.82, 2.24) is 4.98 Å². The highest BCUT2D eigenvalue weighted by Gasteiger charge is 2.19. The van der Waals surface area contributed by atoms with Gasteiger partial charge in [-0.25, -0.2) is 9.78 Å². The first-order chi connectivity index (χ1) is 9.58. The second-order valence-corrected chi connectivity index (χ2v) is 4.60. The van der Waals surface area contributed by atoms with Crippen molar-refractivity contribution in [3.63, 3.8) is 0 Å². The van der Waals surface area contributed by atoms with Crippen molar-refractivity contribution in [3.8, 4) is 0 Å². The summed E-state index contributed by atoms with van der Waals surface area (Å²) >= 11 is 0. The number of nitro groups is 1. The van der Waals surface area contributed by atoms with E-state index in [9.17, 15) is 14.9 Å². The lowest BCUT2D eigenvalue weighted by Crippen LogP contribution is -2.13. The quantitative estimate of drug-likeness (QED) is 0.600. The van der Waals surface area contributed by atoms with Crippen LogP contribution in [0.25, 0.3) is 0 Å². The lowest BCUT2D eigenvalue weighted by Gasteiger charge is -2.10. The van der Waals surface area contributed by atoms with E-state index in [0.717, 1.165) is 38.3 Å². The number of rotatable bonds is 6. The van der Waals surface area contributed by atoms with Crippen molar-refractivity contribution in [2.24, 2.45) is 5.92 Å². The van der Waals surface area contributed by atoms with Gasteiger partial charge in [-0.15, -0.1) is 0 Å². The molecule has 0 bridgehead atoms. The maximum atomic E-state index is 11.1. The molecular formula is C12H15N3O5. The van der Waals surface area contributed by atoms with Gasteiger partial charge in [-0.3, -0.25) is 10.1 Å². The molecule has 1 aliphatic heterocycles. The molecule has 0 saturated carbocycles. The number of hydrogen-bond acceptors (Lipinski definition) is 6. The SMILES string of the molecule is O=C(O)c1cc([N+](=O)[O-])cnc1NCCC1CCOC1. The number of nitrogens with zero attached hydrogens (tertiary/aromatic N) is 2. The van der Waals surface area contributed by atoms with Gasteiger partial charge in [0.1, 0.15) is 17.6 Å². The van der Waals surface area contributed by atoms with Gasteiger partial charge in [0.15, 0.2) is 0 Å². The number of aromatic nitrogens is 1. The molecule has 0 aromatic carbocycles. The van der Waals surface area contributed by atoms with Crippen LogP contribution in [0.5, 0.6) is 0 Å². The monoisotopic (exact) mass is 281 g/mol. The summed E-state index contributed by atoms with van der Waals surface area (Å²) in [6.45, 7) is 2.04.